The van der Waals surface area contributed by atoms with Gasteiger partial charge in [0.15, 0.2) is 5.82 Å². The van der Waals surface area contributed by atoms with Gasteiger partial charge in [-0.15, -0.1) is 0 Å². The van der Waals surface area contributed by atoms with E-state index in [-0.39, 0.29) is 18.0 Å². The molecule has 1 aromatic heterocycles. The number of piperazine rings is 1. The molecule has 2 aromatic rings. The first-order valence-electron chi connectivity index (χ1n) is 10.5. The number of hydrogen-bond donors (Lipinski definition) is 3. The van der Waals surface area contributed by atoms with E-state index in [1.165, 1.54) is 0 Å². The summed E-state index contributed by atoms with van der Waals surface area (Å²) in [4.78, 5) is 25.7. The Hall–Kier alpha value is -2.29. The Balaban J connectivity index is 1.41. The van der Waals surface area contributed by atoms with Gasteiger partial charge in [0, 0.05) is 36.2 Å². The highest BCUT2D eigenvalue weighted by Gasteiger charge is 2.30. The third kappa shape index (κ3) is 4.97. The van der Waals surface area contributed by atoms with Gasteiger partial charge in [-0.1, -0.05) is 29.3 Å². The number of halogens is 2. The van der Waals surface area contributed by atoms with Crippen LogP contribution in [0.3, 0.4) is 0 Å². The van der Waals surface area contributed by atoms with Gasteiger partial charge in [0.2, 0.25) is 11.9 Å². The van der Waals surface area contributed by atoms with Crippen LogP contribution in [0, 0.1) is 0 Å². The summed E-state index contributed by atoms with van der Waals surface area (Å²) in [7, 11) is 0. The molecule has 4 rings (SSSR count). The van der Waals surface area contributed by atoms with E-state index >= 15 is 0 Å². The van der Waals surface area contributed by atoms with Crippen molar-refractivity contribution in [3.8, 4) is 0 Å². The first-order chi connectivity index (χ1) is 14.9. The monoisotopic (exact) mass is 463 g/mol. The van der Waals surface area contributed by atoms with E-state index in [9.17, 15) is 4.79 Å². The van der Waals surface area contributed by atoms with Crippen molar-refractivity contribution in [1.29, 1.82) is 0 Å². The molecule has 1 amide bonds. The van der Waals surface area contributed by atoms with Crippen molar-refractivity contribution in [3.05, 3.63) is 40.0 Å². The van der Waals surface area contributed by atoms with Gasteiger partial charge >= 0.3 is 0 Å². The van der Waals surface area contributed by atoms with Crippen molar-refractivity contribution in [3.63, 3.8) is 0 Å². The molecule has 2 fully saturated rings. The Labute approximate surface area is 192 Å². The van der Waals surface area contributed by atoms with Gasteiger partial charge in [0.05, 0.1) is 24.0 Å². The number of carbonyl (C=O) groups is 1. The van der Waals surface area contributed by atoms with Gasteiger partial charge in [0.1, 0.15) is 0 Å². The minimum Gasteiger partial charge on any atom is -0.394 e. The summed E-state index contributed by atoms with van der Waals surface area (Å²) in [6, 6.07) is 5.25. The van der Waals surface area contributed by atoms with Crippen LogP contribution in [0.4, 0.5) is 17.5 Å². The summed E-state index contributed by atoms with van der Waals surface area (Å²) < 4.78 is 0. The smallest absolute Gasteiger partial charge is 0.239 e. The molecule has 0 spiro atoms. The van der Waals surface area contributed by atoms with Crippen molar-refractivity contribution in [2.24, 2.45) is 0 Å². The average Bonchev–Trinajstić information content (AvgIpc) is 3.30. The zero-order valence-electron chi connectivity index (χ0n) is 17.4. The number of benzene rings is 1. The van der Waals surface area contributed by atoms with Crippen molar-refractivity contribution >= 4 is 46.6 Å². The molecule has 3 heterocycles. The van der Waals surface area contributed by atoms with Crippen LogP contribution < -0.4 is 21.3 Å². The number of nitrogens with two attached hydrogens (primary N) is 1. The number of nitrogen functional groups attached to an aromatic ring is 1. The molecule has 10 heteroatoms. The number of hydrogen-bond acceptors (Lipinski definition) is 7. The molecule has 0 aliphatic carbocycles. The minimum atomic E-state index is -0.122. The zero-order valence-corrected chi connectivity index (χ0v) is 19.0. The Bertz CT molecular complexity index is 943. The summed E-state index contributed by atoms with van der Waals surface area (Å²) in [5, 5.41) is 7.78. The van der Waals surface area contributed by atoms with Crippen LogP contribution in [-0.4, -0.2) is 59.5 Å². The molecule has 0 saturated carbocycles. The molecule has 2 saturated heterocycles. The fraction of sp³-hybridized carbons (Fsp3) is 0.476. The number of carbonyl (C=O) groups excluding carboxylic acids is 1. The Kier molecular flexibility index (Phi) is 6.69. The predicted molar refractivity (Wildman–Crippen MR) is 125 cm³/mol. The summed E-state index contributed by atoms with van der Waals surface area (Å²) in [6.45, 7) is 5.58. The maximum atomic E-state index is 12.6. The maximum Gasteiger partial charge on any atom is 0.239 e. The Morgan fingerprint density at radius 2 is 2.06 bits per heavy atom. The maximum absolute atomic E-state index is 12.6. The van der Waals surface area contributed by atoms with Crippen molar-refractivity contribution in [1.82, 2.24) is 20.2 Å². The van der Waals surface area contributed by atoms with Gasteiger partial charge in [-0.2, -0.15) is 4.98 Å². The largest absolute Gasteiger partial charge is 0.394 e. The number of anilines is 3. The third-order valence-electron chi connectivity index (χ3n) is 5.82. The number of rotatable bonds is 5. The van der Waals surface area contributed by atoms with Crippen LogP contribution in [0.1, 0.15) is 31.4 Å². The fourth-order valence-electron chi connectivity index (χ4n) is 4.03. The quantitative estimate of drug-likeness (QED) is 0.626. The normalized spacial score (nSPS) is 20.0. The van der Waals surface area contributed by atoms with Crippen molar-refractivity contribution in [2.45, 2.75) is 31.8 Å². The van der Waals surface area contributed by atoms with E-state index in [0.29, 0.717) is 53.7 Å². The molecular formula is C21H27Cl2N7O. The molecule has 166 valence electrons. The van der Waals surface area contributed by atoms with Crippen molar-refractivity contribution < 1.29 is 4.79 Å². The lowest BCUT2D eigenvalue weighted by atomic mass is 10.1. The zero-order chi connectivity index (χ0) is 22.0. The standard InChI is InChI=1S/C21H27Cl2N7O/c1-13(15-5-4-14(22)11-16(15)23)27-19-17(24)12-26-21(28-19)30-9-7-29(8-10-30)20(31)18-3-2-6-25-18/h4-5,11-13,18,25H,2-3,6-10,24H2,1H3,(H,26,27,28)/t13-,18-/m1/s1. The second-order valence-corrected chi connectivity index (χ2v) is 8.81. The molecular weight excluding hydrogens is 437 g/mol. The van der Waals surface area contributed by atoms with Gasteiger partial charge in [0.25, 0.3) is 0 Å². The SMILES string of the molecule is C[C@@H](Nc1nc(N2CCN(C(=O)[C@H]3CCCN3)CC2)ncc1N)c1ccc(Cl)cc1Cl. The molecule has 4 N–H and O–H groups in total. The first kappa shape index (κ1) is 21.9. The summed E-state index contributed by atoms with van der Waals surface area (Å²) in [5.74, 6) is 1.35. The second kappa shape index (κ2) is 9.46. The van der Waals surface area contributed by atoms with E-state index in [0.717, 1.165) is 24.9 Å². The average molecular weight is 464 g/mol. The molecule has 1 aromatic carbocycles. The van der Waals surface area contributed by atoms with Crippen LogP contribution in [0.25, 0.3) is 0 Å². The van der Waals surface area contributed by atoms with Gasteiger partial charge in [-0.05, 0) is 44.0 Å². The Morgan fingerprint density at radius 1 is 1.29 bits per heavy atom. The van der Waals surface area contributed by atoms with Gasteiger partial charge in [-0.3, -0.25) is 4.79 Å². The number of amides is 1. The highest BCUT2D eigenvalue weighted by Crippen LogP contribution is 2.30. The first-order valence-corrected chi connectivity index (χ1v) is 11.3. The molecule has 31 heavy (non-hydrogen) atoms. The summed E-state index contributed by atoms with van der Waals surface area (Å²) >= 11 is 12.3. The Morgan fingerprint density at radius 3 is 2.74 bits per heavy atom. The highest BCUT2D eigenvalue weighted by atomic mass is 35.5. The van der Waals surface area contributed by atoms with Crippen LogP contribution >= 0.6 is 23.2 Å². The van der Waals surface area contributed by atoms with E-state index in [1.54, 1.807) is 18.3 Å². The van der Waals surface area contributed by atoms with E-state index < -0.39 is 0 Å². The van der Waals surface area contributed by atoms with E-state index in [1.807, 2.05) is 17.9 Å². The van der Waals surface area contributed by atoms with E-state index in [2.05, 4.69) is 25.5 Å². The van der Waals surface area contributed by atoms with Crippen LogP contribution in [0.5, 0.6) is 0 Å². The molecule has 2 aliphatic heterocycles. The van der Waals surface area contributed by atoms with Gasteiger partial charge < -0.3 is 26.2 Å². The van der Waals surface area contributed by atoms with Crippen LogP contribution in [-0.2, 0) is 4.79 Å². The second-order valence-electron chi connectivity index (χ2n) is 7.97. The minimum absolute atomic E-state index is 0.0312. The summed E-state index contributed by atoms with van der Waals surface area (Å²) in [6.07, 6.45) is 3.59. The molecule has 0 bridgehead atoms. The molecule has 2 aliphatic rings. The van der Waals surface area contributed by atoms with E-state index in [4.69, 9.17) is 28.9 Å². The lowest BCUT2D eigenvalue weighted by Gasteiger charge is -2.36. The lowest BCUT2D eigenvalue weighted by molar-refractivity contribution is -0.133. The number of aromatic nitrogens is 2. The molecule has 2 atom stereocenters. The lowest BCUT2D eigenvalue weighted by Crippen LogP contribution is -2.53. The van der Waals surface area contributed by atoms with Crippen LogP contribution in [0.15, 0.2) is 24.4 Å². The predicted octanol–water partition coefficient (Wildman–Crippen LogP) is 2.94. The number of nitrogens with one attached hydrogen (secondary N) is 2. The summed E-state index contributed by atoms with van der Waals surface area (Å²) in [5.41, 5.74) is 7.48. The molecule has 8 nitrogen and oxygen atoms in total. The fourth-order valence-corrected chi connectivity index (χ4v) is 4.60. The number of nitrogens with zero attached hydrogens (tertiary/aromatic N) is 4. The third-order valence-corrected chi connectivity index (χ3v) is 6.38. The van der Waals surface area contributed by atoms with Crippen LogP contribution in [0.2, 0.25) is 10.0 Å². The van der Waals surface area contributed by atoms with Crippen molar-refractivity contribution in [2.75, 3.05) is 48.7 Å². The highest BCUT2D eigenvalue weighted by molar-refractivity contribution is 6.35. The topological polar surface area (TPSA) is 99.4 Å². The molecule has 0 unspecified atom stereocenters. The van der Waals surface area contributed by atoms with Gasteiger partial charge in [-0.25, -0.2) is 4.98 Å². The molecule has 0 radical (unpaired) electrons.